The van der Waals surface area contributed by atoms with Gasteiger partial charge in [0, 0.05) is 30.9 Å². The third kappa shape index (κ3) is 4.16. The summed E-state index contributed by atoms with van der Waals surface area (Å²) >= 11 is 0. The van der Waals surface area contributed by atoms with E-state index in [1.807, 2.05) is 12.5 Å². The van der Waals surface area contributed by atoms with Gasteiger partial charge in [0.15, 0.2) is 0 Å². The van der Waals surface area contributed by atoms with Crippen LogP contribution in [0.1, 0.15) is 59.7 Å². The van der Waals surface area contributed by atoms with Crippen LogP contribution in [0.5, 0.6) is 0 Å². The number of nitrogens with zero attached hydrogens (tertiary/aromatic N) is 3. The van der Waals surface area contributed by atoms with Gasteiger partial charge in [-0.05, 0) is 62.1 Å². The molecule has 2 atom stereocenters. The van der Waals surface area contributed by atoms with Gasteiger partial charge in [0.2, 0.25) is 5.91 Å². The van der Waals surface area contributed by atoms with Crippen molar-refractivity contribution >= 4 is 5.91 Å². The number of fused-ring (bicyclic) bond motifs is 1. The third-order valence-electron chi connectivity index (χ3n) is 7.09. The zero-order valence-corrected chi connectivity index (χ0v) is 18.3. The van der Waals surface area contributed by atoms with E-state index in [-0.39, 0.29) is 12.0 Å². The minimum Gasteiger partial charge on any atom is -0.335 e. The molecule has 1 saturated heterocycles. The zero-order valence-electron chi connectivity index (χ0n) is 18.3. The highest BCUT2D eigenvalue weighted by Crippen LogP contribution is 2.38. The molecular weight excluding hydrogens is 382 g/mol. The van der Waals surface area contributed by atoms with Crippen molar-refractivity contribution in [2.24, 2.45) is 5.92 Å². The van der Waals surface area contributed by atoms with Gasteiger partial charge in [-0.2, -0.15) is 0 Å². The summed E-state index contributed by atoms with van der Waals surface area (Å²) in [6.45, 7) is 3.84. The molecule has 1 aliphatic heterocycles. The van der Waals surface area contributed by atoms with E-state index < -0.39 is 0 Å². The first-order valence-corrected chi connectivity index (χ1v) is 11.6. The standard InChI is InChI=1S/C27H31N3O/c1-20-9-11-21(12-10-20)18-29-19-28-17-24(29)14-13-23-15-16-30(27(23)31)26-8-4-6-22-5-2-3-7-25(22)26/h2-3,5,7,9-12,17,19,23,26H,4,6,8,13-16,18H2,1H3/t23-,26?/m1/s1. The van der Waals surface area contributed by atoms with Crippen LogP contribution < -0.4 is 0 Å². The van der Waals surface area contributed by atoms with Crippen molar-refractivity contribution in [2.45, 2.75) is 58.0 Å². The van der Waals surface area contributed by atoms with Gasteiger partial charge < -0.3 is 9.47 Å². The average Bonchev–Trinajstić information content (AvgIpc) is 3.39. The zero-order chi connectivity index (χ0) is 21.2. The Morgan fingerprint density at radius 3 is 2.77 bits per heavy atom. The Labute approximate surface area is 184 Å². The Morgan fingerprint density at radius 2 is 1.90 bits per heavy atom. The lowest BCUT2D eigenvalue weighted by atomic mass is 9.87. The number of carbonyl (C=O) groups excluding carboxylic acids is 1. The molecule has 0 spiro atoms. The minimum absolute atomic E-state index is 0.136. The molecule has 1 unspecified atom stereocenters. The second-order valence-corrected chi connectivity index (χ2v) is 9.16. The first-order chi connectivity index (χ1) is 15.2. The van der Waals surface area contributed by atoms with Crippen LogP contribution >= 0.6 is 0 Å². The summed E-state index contributed by atoms with van der Waals surface area (Å²) in [5, 5.41) is 0. The summed E-state index contributed by atoms with van der Waals surface area (Å²) in [7, 11) is 0. The van der Waals surface area contributed by atoms with Crippen molar-refractivity contribution in [3.05, 3.63) is 89.0 Å². The third-order valence-corrected chi connectivity index (χ3v) is 7.09. The normalized spacial score (nSPS) is 20.8. The second kappa shape index (κ2) is 8.70. The molecule has 1 aliphatic carbocycles. The fourth-order valence-electron chi connectivity index (χ4n) is 5.30. The maximum Gasteiger partial charge on any atom is 0.226 e. The monoisotopic (exact) mass is 413 g/mol. The van der Waals surface area contributed by atoms with E-state index in [1.54, 1.807) is 0 Å². The predicted molar refractivity (Wildman–Crippen MR) is 123 cm³/mol. The van der Waals surface area contributed by atoms with Crippen molar-refractivity contribution in [1.82, 2.24) is 14.5 Å². The Kier molecular flexibility index (Phi) is 5.63. The molecule has 3 aromatic rings. The molecule has 0 saturated carbocycles. The molecule has 4 heteroatoms. The van der Waals surface area contributed by atoms with Gasteiger partial charge in [0.1, 0.15) is 0 Å². The van der Waals surface area contributed by atoms with Crippen molar-refractivity contribution in [1.29, 1.82) is 0 Å². The predicted octanol–water partition coefficient (Wildman–Crippen LogP) is 5.10. The Balaban J connectivity index is 1.23. The number of benzene rings is 2. The maximum atomic E-state index is 13.3. The highest BCUT2D eigenvalue weighted by atomic mass is 16.2. The molecular formula is C27H31N3O. The fraction of sp³-hybridized carbons (Fsp3) is 0.407. The SMILES string of the molecule is Cc1ccc(Cn2cncc2CC[C@@H]2CCN(C3CCCc4ccccc43)C2=O)cc1. The number of aromatic nitrogens is 2. The number of imidazole rings is 1. The summed E-state index contributed by atoms with van der Waals surface area (Å²) in [5.41, 5.74) is 6.58. The molecule has 2 aliphatic rings. The van der Waals surface area contributed by atoms with Gasteiger partial charge in [-0.15, -0.1) is 0 Å². The summed E-state index contributed by atoms with van der Waals surface area (Å²) in [5.74, 6) is 0.489. The fourth-order valence-corrected chi connectivity index (χ4v) is 5.30. The molecule has 5 rings (SSSR count). The van der Waals surface area contributed by atoms with E-state index in [1.165, 1.54) is 34.4 Å². The van der Waals surface area contributed by atoms with Crippen LogP contribution in [0.15, 0.2) is 61.1 Å². The lowest BCUT2D eigenvalue weighted by Gasteiger charge is -2.33. The van der Waals surface area contributed by atoms with Gasteiger partial charge in [-0.3, -0.25) is 4.79 Å². The first-order valence-electron chi connectivity index (χ1n) is 11.6. The van der Waals surface area contributed by atoms with Crippen LogP contribution in [0.4, 0.5) is 0 Å². The molecule has 4 nitrogen and oxygen atoms in total. The van der Waals surface area contributed by atoms with Crippen molar-refractivity contribution in [3.63, 3.8) is 0 Å². The number of aryl methyl sites for hydroxylation is 3. The molecule has 0 radical (unpaired) electrons. The van der Waals surface area contributed by atoms with E-state index in [0.29, 0.717) is 5.91 Å². The van der Waals surface area contributed by atoms with Crippen LogP contribution in [0, 0.1) is 12.8 Å². The highest BCUT2D eigenvalue weighted by Gasteiger charge is 2.37. The minimum atomic E-state index is 0.136. The quantitative estimate of drug-likeness (QED) is 0.564. The molecule has 2 aromatic carbocycles. The number of hydrogen-bond donors (Lipinski definition) is 0. The number of amides is 1. The van der Waals surface area contributed by atoms with E-state index in [4.69, 9.17) is 0 Å². The number of rotatable bonds is 6. The number of likely N-dealkylation sites (tertiary alicyclic amines) is 1. The Bertz CT molecular complexity index is 1050. The van der Waals surface area contributed by atoms with Gasteiger partial charge in [0.05, 0.1) is 12.4 Å². The summed E-state index contributed by atoms with van der Waals surface area (Å²) < 4.78 is 2.22. The Morgan fingerprint density at radius 1 is 1.06 bits per heavy atom. The molecule has 2 heterocycles. The lowest BCUT2D eigenvalue weighted by molar-refractivity contribution is -0.133. The van der Waals surface area contributed by atoms with Crippen LogP contribution in [0.3, 0.4) is 0 Å². The second-order valence-electron chi connectivity index (χ2n) is 9.16. The van der Waals surface area contributed by atoms with Gasteiger partial charge in [-0.1, -0.05) is 54.1 Å². The maximum absolute atomic E-state index is 13.3. The smallest absolute Gasteiger partial charge is 0.226 e. The Hall–Kier alpha value is -2.88. The van der Waals surface area contributed by atoms with Crippen LogP contribution in [0.2, 0.25) is 0 Å². The van der Waals surface area contributed by atoms with Gasteiger partial charge >= 0.3 is 0 Å². The molecule has 0 N–H and O–H groups in total. The van der Waals surface area contributed by atoms with Crippen molar-refractivity contribution < 1.29 is 4.79 Å². The molecule has 1 amide bonds. The van der Waals surface area contributed by atoms with Gasteiger partial charge in [-0.25, -0.2) is 4.98 Å². The molecule has 31 heavy (non-hydrogen) atoms. The molecule has 1 fully saturated rings. The largest absolute Gasteiger partial charge is 0.335 e. The van der Waals surface area contributed by atoms with E-state index in [0.717, 1.165) is 45.2 Å². The van der Waals surface area contributed by atoms with E-state index >= 15 is 0 Å². The lowest BCUT2D eigenvalue weighted by Crippen LogP contribution is -2.34. The van der Waals surface area contributed by atoms with Gasteiger partial charge in [0.25, 0.3) is 0 Å². The van der Waals surface area contributed by atoms with Crippen molar-refractivity contribution in [2.75, 3.05) is 6.54 Å². The summed E-state index contributed by atoms with van der Waals surface area (Å²) in [6.07, 6.45) is 10.1. The number of hydrogen-bond acceptors (Lipinski definition) is 2. The van der Waals surface area contributed by atoms with Crippen LogP contribution in [-0.2, 0) is 24.2 Å². The van der Waals surface area contributed by atoms with E-state index in [9.17, 15) is 4.79 Å². The van der Waals surface area contributed by atoms with Crippen molar-refractivity contribution in [3.8, 4) is 0 Å². The summed E-state index contributed by atoms with van der Waals surface area (Å²) in [4.78, 5) is 19.8. The highest BCUT2D eigenvalue weighted by molar-refractivity contribution is 5.81. The van der Waals surface area contributed by atoms with E-state index in [2.05, 4.69) is 69.9 Å². The molecule has 1 aromatic heterocycles. The first kappa shape index (κ1) is 20.0. The number of carbonyl (C=O) groups is 1. The molecule has 160 valence electrons. The topological polar surface area (TPSA) is 38.1 Å². The average molecular weight is 414 g/mol. The van der Waals surface area contributed by atoms with Crippen LogP contribution in [-0.4, -0.2) is 26.9 Å². The van der Waals surface area contributed by atoms with Crippen LogP contribution in [0.25, 0.3) is 0 Å². The summed E-state index contributed by atoms with van der Waals surface area (Å²) in [6, 6.07) is 17.6. The molecule has 0 bridgehead atoms.